The lowest BCUT2D eigenvalue weighted by molar-refractivity contribution is -0.144. The van der Waals surface area contributed by atoms with Gasteiger partial charge in [0.2, 0.25) is 23.6 Å². The first-order chi connectivity index (χ1) is 33.6. The van der Waals surface area contributed by atoms with Gasteiger partial charge in [-0.15, -0.1) is 10.2 Å². The van der Waals surface area contributed by atoms with Crippen molar-refractivity contribution in [3.05, 3.63) is 69.8 Å². The Kier molecular flexibility index (Phi) is 16.6. The van der Waals surface area contributed by atoms with Crippen LogP contribution in [0.25, 0.3) is 22.5 Å². The minimum atomic E-state index is -0.689. The van der Waals surface area contributed by atoms with Crippen LogP contribution in [0.15, 0.2) is 36.4 Å². The van der Waals surface area contributed by atoms with Gasteiger partial charge in [-0.1, -0.05) is 48.2 Å². The summed E-state index contributed by atoms with van der Waals surface area (Å²) in [5, 5.41) is 21.3. The summed E-state index contributed by atoms with van der Waals surface area (Å²) < 4.78 is 17.7. The van der Waals surface area contributed by atoms with Crippen molar-refractivity contribution in [2.45, 2.75) is 177 Å². The van der Waals surface area contributed by atoms with E-state index < -0.39 is 16.9 Å². The molecule has 6 N–H and O–H groups in total. The summed E-state index contributed by atoms with van der Waals surface area (Å²) in [4.78, 5) is 43.1. The summed E-state index contributed by atoms with van der Waals surface area (Å²) in [5.74, 6) is 1.36. The monoisotopic (exact) mass is 994 g/mol. The minimum absolute atomic E-state index is 0.0813. The molecule has 4 aromatic rings. The van der Waals surface area contributed by atoms with Gasteiger partial charge < -0.3 is 35.1 Å². The van der Waals surface area contributed by atoms with Crippen molar-refractivity contribution in [1.82, 2.24) is 40.8 Å². The summed E-state index contributed by atoms with van der Waals surface area (Å²) in [7, 11) is 0. The Hall–Kier alpha value is -5.48. The van der Waals surface area contributed by atoms with Gasteiger partial charge in [0.05, 0.1) is 28.3 Å². The van der Waals surface area contributed by atoms with E-state index in [4.69, 9.17) is 32.2 Å². The highest BCUT2D eigenvalue weighted by atomic mass is 32.1. The van der Waals surface area contributed by atoms with Crippen LogP contribution in [0.5, 0.6) is 11.8 Å². The van der Waals surface area contributed by atoms with Crippen LogP contribution >= 0.6 is 12.2 Å². The minimum Gasteiger partial charge on any atom is -0.475 e. The van der Waals surface area contributed by atoms with Crippen molar-refractivity contribution in [3.8, 4) is 34.3 Å². The number of aromatic amines is 2. The van der Waals surface area contributed by atoms with Crippen molar-refractivity contribution in [3.63, 3.8) is 0 Å². The highest BCUT2D eigenvalue weighted by Gasteiger charge is 2.48. The lowest BCUT2D eigenvalue weighted by Crippen LogP contribution is -2.46. The molecule has 386 valence electrons. The van der Waals surface area contributed by atoms with Gasteiger partial charge in [0, 0.05) is 64.8 Å². The Bertz CT molecular complexity index is 2490. The molecule has 0 unspecified atom stereocenters. The molecule has 4 fully saturated rings. The standard InChI is InChI=1S/C30H43N5O4S.C25H36N4O2/c1-17(2)39-29(37)32-28(40)31-15-20(5)24-25(21-13-18(3)12-19(4)14-21)33-34-26(24)38-16-30(6,7)27(36)35-22-8-9-23(35)11-10-22;1-15-10-16(2)12-18(11-15)22-21(17(3)13-26)23(28-27-22)31-14-25(4,5)24(30)29-19-6-7-20(29)9-8-19/h12-14,17,20,22-23H,8-11,15-16H2,1-7H3,(H,33,34)(H2,31,32,37,40);10-12,17,19-20H,6-9,13-14,26H2,1-5H3,(H,27,28)/t20-,22?,23?;17-,19?,20?/m11/s1. The highest BCUT2D eigenvalue weighted by molar-refractivity contribution is 7.80. The zero-order valence-corrected chi connectivity index (χ0v) is 45.0. The predicted molar refractivity (Wildman–Crippen MR) is 283 cm³/mol. The Morgan fingerprint density at radius 1 is 0.662 bits per heavy atom. The highest BCUT2D eigenvalue weighted by Crippen LogP contribution is 2.43. The smallest absolute Gasteiger partial charge is 0.413 e. The van der Waals surface area contributed by atoms with Gasteiger partial charge >= 0.3 is 6.09 Å². The number of alkyl carbamates (subject to hydrolysis) is 1. The molecule has 8 rings (SSSR count). The Morgan fingerprint density at radius 3 is 1.38 bits per heavy atom. The quantitative estimate of drug-likeness (QED) is 0.0672. The molecule has 4 saturated heterocycles. The van der Waals surface area contributed by atoms with E-state index in [1.807, 2.05) is 34.6 Å². The number of nitrogens with two attached hydrogens (primary N) is 1. The Labute approximate surface area is 426 Å². The van der Waals surface area contributed by atoms with E-state index in [1.165, 1.54) is 11.1 Å². The van der Waals surface area contributed by atoms with Crippen molar-refractivity contribution in [2.75, 3.05) is 26.3 Å². The lowest BCUT2D eigenvalue weighted by Gasteiger charge is -2.32. The number of nitrogens with zero attached hydrogens (tertiary/aromatic N) is 4. The number of hydrogen-bond acceptors (Lipinski definition) is 10. The molecule has 4 aliphatic rings. The fourth-order valence-electron chi connectivity index (χ4n) is 11.1. The van der Waals surface area contributed by atoms with Gasteiger partial charge in [0.15, 0.2) is 5.11 Å². The lowest BCUT2D eigenvalue weighted by atomic mass is 9.92. The topological polar surface area (TPSA) is 193 Å². The van der Waals surface area contributed by atoms with E-state index >= 15 is 0 Å². The molecule has 4 bridgehead atoms. The van der Waals surface area contributed by atoms with Gasteiger partial charge in [-0.2, -0.15) is 0 Å². The molecule has 2 aromatic heterocycles. The first-order valence-electron chi connectivity index (χ1n) is 25.8. The van der Waals surface area contributed by atoms with Crippen molar-refractivity contribution < 1.29 is 28.6 Å². The van der Waals surface area contributed by atoms with Gasteiger partial charge in [-0.25, -0.2) is 4.79 Å². The van der Waals surface area contributed by atoms with E-state index in [9.17, 15) is 14.4 Å². The first kappa shape index (κ1) is 53.3. The number of carbonyl (C=O) groups excluding carboxylic acids is 3. The SMILES string of the molecule is Cc1cc(C)cc(-c2[nH]nc(OCC(C)(C)C(=O)N3C4CCC3CC4)c2[C@H](C)CN)c1.Cc1cc(C)cc(-c2[nH]nc(OCC(C)(C)C(=O)N3C4CCC3CC4)c2[C@H](C)CNC(=S)NC(=O)OC(C)C)c1. The van der Waals surface area contributed by atoms with E-state index in [0.29, 0.717) is 55.6 Å². The number of fused-ring (bicyclic) bond motifs is 4. The maximum Gasteiger partial charge on any atom is 0.413 e. The summed E-state index contributed by atoms with van der Waals surface area (Å²) in [6.45, 7) is 25.3. The molecular weight excluding hydrogens is 915 g/mol. The van der Waals surface area contributed by atoms with E-state index in [0.717, 1.165) is 96.1 Å². The molecule has 6 heterocycles. The van der Waals surface area contributed by atoms with Crippen molar-refractivity contribution in [2.24, 2.45) is 16.6 Å². The Balaban J connectivity index is 0.000000215. The molecule has 16 heteroatoms. The molecule has 0 aliphatic carbocycles. The zero-order valence-electron chi connectivity index (χ0n) is 44.2. The van der Waals surface area contributed by atoms with Gasteiger partial charge in [0.1, 0.15) is 13.2 Å². The summed E-state index contributed by atoms with van der Waals surface area (Å²) in [6, 6.07) is 14.4. The van der Waals surface area contributed by atoms with Crippen LogP contribution in [0.3, 0.4) is 0 Å². The fourth-order valence-corrected chi connectivity index (χ4v) is 11.3. The third-order valence-electron chi connectivity index (χ3n) is 14.7. The third-order valence-corrected chi connectivity index (χ3v) is 14.9. The molecule has 15 nitrogen and oxygen atoms in total. The maximum absolute atomic E-state index is 13.6. The van der Waals surface area contributed by atoms with Crippen LogP contribution in [0.4, 0.5) is 4.79 Å². The number of rotatable bonds is 16. The number of nitrogens with one attached hydrogen (secondary N) is 4. The molecule has 2 aromatic carbocycles. The molecule has 2 atom stereocenters. The number of aryl methyl sites for hydroxylation is 4. The normalized spacial score (nSPS) is 20.1. The summed E-state index contributed by atoms with van der Waals surface area (Å²) in [6.07, 6.45) is 8.15. The number of benzene rings is 2. The van der Waals surface area contributed by atoms with Crippen LogP contribution in [-0.2, 0) is 14.3 Å². The van der Waals surface area contributed by atoms with Crippen molar-refractivity contribution >= 4 is 35.2 Å². The van der Waals surface area contributed by atoms with Gasteiger partial charge in [-0.3, -0.25) is 25.1 Å². The summed E-state index contributed by atoms with van der Waals surface area (Å²) >= 11 is 5.31. The van der Waals surface area contributed by atoms with Crippen LogP contribution in [0.2, 0.25) is 0 Å². The first-order valence-corrected chi connectivity index (χ1v) is 26.2. The maximum atomic E-state index is 13.6. The van der Waals surface area contributed by atoms with E-state index in [1.54, 1.807) is 13.8 Å². The average Bonchev–Trinajstić information content (AvgIpc) is 4.19. The second kappa shape index (κ2) is 22.1. The van der Waals surface area contributed by atoms with Crippen molar-refractivity contribution in [1.29, 1.82) is 0 Å². The molecular formula is C55H79N9O6S. The molecule has 4 aliphatic heterocycles. The number of amides is 3. The number of carbonyl (C=O) groups is 3. The predicted octanol–water partition coefficient (Wildman–Crippen LogP) is 9.68. The number of hydrogen-bond donors (Lipinski definition) is 5. The van der Waals surface area contributed by atoms with Gasteiger partial charge in [-0.05, 0) is 164 Å². The van der Waals surface area contributed by atoms with E-state index in [-0.39, 0.29) is 41.5 Å². The van der Waals surface area contributed by atoms with Crippen LogP contribution in [-0.4, -0.2) is 110 Å². The number of ether oxygens (including phenoxy) is 3. The van der Waals surface area contributed by atoms with Crippen LogP contribution < -0.4 is 25.8 Å². The van der Waals surface area contributed by atoms with Crippen LogP contribution in [0.1, 0.15) is 152 Å². The van der Waals surface area contributed by atoms with Gasteiger partial charge in [0.25, 0.3) is 0 Å². The van der Waals surface area contributed by atoms with Crippen LogP contribution in [0, 0.1) is 38.5 Å². The molecule has 0 radical (unpaired) electrons. The zero-order chi connectivity index (χ0) is 51.5. The molecule has 0 spiro atoms. The Morgan fingerprint density at radius 2 is 1.03 bits per heavy atom. The largest absolute Gasteiger partial charge is 0.475 e. The molecule has 71 heavy (non-hydrogen) atoms. The van der Waals surface area contributed by atoms with E-state index in [2.05, 4.69) is 112 Å². The fraction of sp³-hybridized carbons (Fsp3) is 0.600. The third kappa shape index (κ3) is 12.2. The number of thiocarbonyl (C=S) groups is 1. The second-order valence-electron chi connectivity index (χ2n) is 22.4. The second-order valence-corrected chi connectivity index (χ2v) is 22.8. The molecule has 0 saturated carbocycles. The number of aromatic nitrogens is 4. The average molecular weight is 994 g/mol. The molecule has 3 amide bonds. The summed E-state index contributed by atoms with van der Waals surface area (Å²) in [5.41, 5.74) is 15.2. The number of H-pyrrole nitrogens is 2.